The van der Waals surface area contributed by atoms with E-state index in [-0.39, 0.29) is 0 Å². The normalized spacial score (nSPS) is 10.9. The minimum atomic E-state index is 0.598. The Labute approximate surface area is 103 Å². The van der Waals surface area contributed by atoms with Gasteiger partial charge in [-0.3, -0.25) is 4.58 Å². The molecule has 0 atom stereocenters. The van der Waals surface area contributed by atoms with E-state index < -0.39 is 0 Å². The summed E-state index contributed by atoms with van der Waals surface area (Å²) in [5.74, 6) is 0. The lowest BCUT2D eigenvalue weighted by molar-refractivity contribution is -0.467. The van der Waals surface area contributed by atoms with Gasteiger partial charge in [-0.2, -0.15) is 0 Å². The number of rotatable bonds is 13. The zero-order valence-electron chi connectivity index (χ0n) is 10.5. The Bertz CT molecular complexity index is 109. The Morgan fingerprint density at radius 1 is 0.750 bits per heavy atom. The van der Waals surface area contributed by atoms with Gasteiger partial charge in [0.2, 0.25) is 0 Å². The van der Waals surface area contributed by atoms with Crippen LogP contribution in [-0.2, 0) is 14.5 Å². The fourth-order valence-corrected chi connectivity index (χ4v) is 1.75. The summed E-state index contributed by atoms with van der Waals surface area (Å²) in [6, 6.07) is 0. The van der Waals surface area contributed by atoms with E-state index in [0.717, 1.165) is 6.42 Å². The molecule has 0 saturated carbocycles. The number of hydrogen-bond donors (Lipinski definition) is 0. The van der Waals surface area contributed by atoms with Crippen molar-refractivity contribution in [2.24, 2.45) is 0 Å². The lowest BCUT2D eigenvalue weighted by Crippen LogP contribution is -1.96. The number of hydrogen-bond acceptors (Lipinski definition) is 3. The fraction of sp³-hybridized carbons (Fsp3) is 1.00. The first-order chi connectivity index (χ1) is 7.91. The highest BCUT2D eigenvalue weighted by atomic mass is 28.2. The van der Waals surface area contributed by atoms with E-state index in [1.54, 1.807) is 0 Å². The summed E-state index contributed by atoms with van der Waals surface area (Å²) in [5, 5.41) is 4.23. The van der Waals surface area contributed by atoms with Crippen molar-refractivity contribution < 1.29 is 14.5 Å². The molecule has 0 aliphatic rings. The Balaban J connectivity index is 2.83. The molecule has 4 heteroatoms. The van der Waals surface area contributed by atoms with E-state index in [1.165, 1.54) is 57.8 Å². The Morgan fingerprint density at radius 2 is 1.25 bits per heavy atom. The van der Waals surface area contributed by atoms with E-state index in [0.29, 0.717) is 6.61 Å². The lowest BCUT2D eigenvalue weighted by atomic mass is 10.1. The lowest BCUT2D eigenvalue weighted by Gasteiger charge is -2.02. The second-order valence-corrected chi connectivity index (χ2v) is 4.32. The van der Waals surface area contributed by atoms with Gasteiger partial charge in [0.25, 0.3) is 0 Å². The van der Waals surface area contributed by atoms with Gasteiger partial charge >= 0.3 is 10.5 Å². The first-order valence-electron chi connectivity index (χ1n) is 6.53. The molecular formula is C12H25O3Si. The van der Waals surface area contributed by atoms with Gasteiger partial charge in [0, 0.05) is 0 Å². The quantitative estimate of drug-likeness (QED) is 0.213. The van der Waals surface area contributed by atoms with Crippen molar-refractivity contribution in [3.63, 3.8) is 0 Å². The molecule has 0 amide bonds. The van der Waals surface area contributed by atoms with Gasteiger partial charge in [0.1, 0.15) is 0 Å². The molecule has 0 rings (SSSR count). The zero-order valence-corrected chi connectivity index (χ0v) is 11.5. The van der Waals surface area contributed by atoms with Crippen LogP contribution in [0, 0.1) is 0 Å². The minimum Gasteiger partial charge on any atom is -0.259 e. The van der Waals surface area contributed by atoms with Crippen LogP contribution < -0.4 is 0 Å². The SMILES string of the molecule is CCCCCCCCCCCCOOO[Si]. The first kappa shape index (κ1) is 16.1. The third kappa shape index (κ3) is 14.1. The monoisotopic (exact) mass is 245 g/mol. The maximum atomic E-state index is 4.68. The maximum absolute atomic E-state index is 4.68. The third-order valence-electron chi connectivity index (χ3n) is 2.66. The topological polar surface area (TPSA) is 27.7 Å². The molecule has 0 aliphatic carbocycles. The summed E-state index contributed by atoms with van der Waals surface area (Å²) in [6.07, 6.45) is 13.2. The largest absolute Gasteiger partial charge is 0.307 e. The van der Waals surface area contributed by atoms with E-state index in [1.807, 2.05) is 0 Å². The molecule has 0 heterocycles. The van der Waals surface area contributed by atoms with Gasteiger partial charge in [-0.1, -0.05) is 69.7 Å². The predicted molar refractivity (Wildman–Crippen MR) is 65.7 cm³/mol. The van der Waals surface area contributed by atoms with Crippen LogP contribution in [0.25, 0.3) is 0 Å². The maximum Gasteiger partial charge on any atom is 0.307 e. The van der Waals surface area contributed by atoms with Crippen LogP contribution in [-0.4, -0.2) is 17.1 Å². The summed E-state index contributed by atoms with van der Waals surface area (Å²) >= 11 is 0. The van der Waals surface area contributed by atoms with Gasteiger partial charge in [-0.25, -0.2) is 4.89 Å². The van der Waals surface area contributed by atoms with Gasteiger partial charge in [0.15, 0.2) is 0 Å². The highest BCUT2D eigenvalue weighted by Crippen LogP contribution is 2.10. The standard InChI is InChI=1S/C12H25O3Si/c1-2-3-4-5-6-7-8-9-10-11-12-13-14-15-16/h2-12H2,1H3. The van der Waals surface area contributed by atoms with Crippen LogP contribution in [0.1, 0.15) is 71.1 Å². The molecule has 3 nitrogen and oxygen atoms in total. The van der Waals surface area contributed by atoms with Crippen molar-refractivity contribution in [2.75, 3.05) is 6.61 Å². The van der Waals surface area contributed by atoms with Crippen molar-refractivity contribution in [3.8, 4) is 0 Å². The average Bonchev–Trinajstić information content (AvgIpc) is 2.31. The van der Waals surface area contributed by atoms with Crippen molar-refractivity contribution >= 4 is 10.5 Å². The van der Waals surface area contributed by atoms with Crippen LogP contribution in [0.4, 0.5) is 0 Å². The molecule has 0 saturated heterocycles. The minimum absolute atomic E-state index is 0.598. The van der Waals surface area contributed by atoms with E-state index >= 15 is 0 Å². The summed E-state index contributed by atoms with van der Waals surface area (Å²) in [5.41, 5.74) is 0. The molecule has 0 aromatic heterocycles. The van der Waals surface area contributed by atoms with E-state index in [9.17, 15) is 0 Å². The highest BCUT2D eigenvalue weighted by molar-refractivity contribution is 5.97. The Hall–Kier alpha value is 0.0969. The average molecular weight is 245 g/mol. The summed E-state index contributed by atoms with van der Waals surface area (Å²) < 4.78 is 4.12. The van der Waals surface area contributed by atoms with Gasteiger partial charge in [-0.15, -0.1) is 0 Å². The van der Waals surface area contributed by atoms with Crippen molar-refractivity contribution in [3.05, 3.63) is 0 Å². The molecule has 0 fully saturated rings. The second-order valence-electron chi connectivity index (χ2n) is 4.16. The van der Waals surface area contributed by atoms with Crippen molar-refractivity contribution in [1.82, 2.24) is 0 Å². The van der Waals surface area contributed by atoms with Crippen molar-refractivity contribution in [1.29, 1.82) is 0 Å². The Morgan fingerprint density at radius 3 is 1.75 bits per heavy atom. The second kappa shape index (κ2) is 15.1. The molecule has 0 aromatic rings. The van der Waals surface area contributed by atoms with Crippen LogP contribution in [0.15, 0.2) is 0 Å². The summed E-state index contributed by atoms with van der Waals surface area (Å²) in [4.78, 5) is 4.68. The third-order valence-corrected chi connectivity index (χ3v) is 2.73. The molecular weight excluding hydrogens is 220 g/mol. The molecule has 0 bridgehead atoms. The molecule has 95 valence electrons. The van der Waals surface area contributed by atoms with Crippen LogP contribution in [0.3, 0.4) is 0 Å². The molecule has 0 aliphatic heterocycles. The predicted octanol–water partition coefficient (Wildman–Crippen LogP) is 3.87. The van der Waals surface area contributed by atoms with Gasteiger partial charge in [-0.05, 0) is 6.42 Å². The zero-order chi connectivity index (χ0) is 11.9. The number of unbranched alkanes of at least 4 members (excludes halogenated alkanes) is 9. The van der Waals surface area contributed by atoms with Crippen molar-refractivity contribution in [2.45, 2.75) is 71.1 Å². The molecule has 0 N–H and O–H groups in total. The van der Waals surface area contributed by atoms with Crippen LogP contribution in [0.2, 0.25) is 0 Å². The Kier molecular flexibility index (Phi) is 15.2. The smallest absolute Gasteiger partial charge is 0.259 e. The molecule has 0 spiro atoms. The summed E-state index contributed by atoms with van der Waals surface area (Å²) in [6.45, 7) is 2.85. The van der Waals surface area contributed by atoms with E-state index in [4.69, 9.17) is 0 Å². The van der Waals surface area contributed by atoms with Crippen LogP contribution in [0.5, 0.6) is 0 Å². The van der Waals surface area contributed by atoms with Gasteiger partial charge < -0.3 is 0 Å². The molecule has 0 aromatic carbocycles. The highest BCUT2D eigenvalue weighted by Gasteiger charge is 1.93. The first-order valence-corrected chi connectivity index (χ1v) is 6.94. The van der Waals surface area contributed by atoms with Crippen LogP contribution >= 0.6 is 0 Å². The van der Waals surface area contributed by atoms with E-state index in [2.05, 4.69) is 31.9 Å². The van der Waals surface area contributed by atoms with Gasteiger partial charge in [0.05, 0.1) is 6.61 Å². The molecule has 0 unspecified atom stereocenters. The molecule has 16 heavy (non-hydrogen) atoms. The summed E-state index contributed by atoms with van der Waals surface area (Å²) in [7, 11) is 2.68. The molecule has 3 radical (unpaired) electrons. The fourth-order valence-electron chi connectivity index (χ4n) is 1.71.